The molecule has 2 rings (SSSR count). The molecule has 1 unspecified atom stereocenters. The van der Waals surface area contributed by atoms with Gasteiger partial charge in [0.15, 0.2) is 0 Å². The van der Waals surface area contributed by atoms with Crippen LogP contribution in [0.3, 0.4) is 0 Å². The largest absolute Gasteiger partial charge is 0.333 e. The summed E-state index contributed by atoms with van der Waals surface area (Å²) in [5.74, 6) is 0.0912. The van der Waals surface area contributed by atoms with Gasteiger partial charge < -0.3 is 5.32 Å². The Balaban J connectivity index is 2.19. The Morgan fingerprint density at radius 2 is 2.39 bits per heavy atom. The third kappa shape index (κ3) is 2.60. The van der Waals surface area contributed by atoms with Crippen LogP contribution in [0.1, 0.15) is 16.8 Å². The van der Waals surface area contributed by atoms with Crippen molar-refractivity contribution in [2.75, 3.05) is 11.5 Å². The minimum absolute atomic E-state index is 0.0917. The summed E-state index contributed by atoms with van der Waals surface area (Å²) < 4.78 is 13.6. The zero-order chi connectivity index (χ0) is 13.2. The predicted octanol–water partition coefficient (Wildman–Crippen LogP) is 2.61. The van der Waals surface area contributed by atoms with Crippen LogP contribution in [-0.4, -0.2) is 23.0 Å². The van der Waals surface area contributed by atoms with Gasteiger partial charge in [-0.1, -0.05) is 11.6 Å². The number of nitrogens with zero attached hydrogens (tertiary/aromatic N) is 1. The number of rotatable bonds is 2. The molecule has 3 nitrogen and oxygen atoms in total. The van der Waals surface area contributed by atoms with Crippen LogP contribution < -0.4 is 5.32 Å². The van der Waals surface area contributed by atoms with Crippen LogP contribution in [0.2, 0.25) is 5.02 Å². The Hall–Kier alpha value is -1.25. The lowest BCUT2D eigenvalue weighted by atomic mass is 10.0. The Kier molecular flexibility index (Phi) is 3.79. The van der Waals surface area contributed by atoms with Gasteiger partial charge in [-0.05, 0) is 30.4 Å². The second-order valence-electron chi connectivity index (χ2n) is 4.07. The smallest absolute Gasteiger partial charge is 0.255 e. The number of hydrogen-bond donors (Lipinski definition) is 1. The molecule has 0 saturated carbocycles. The fraction of sp³-hybridized carbons (Fsp3) is 0.333. The maximum absolute atomic E-state index is 13.6. The molecule has 0 bridgehead atoms. The highest BCUT2D eigenvalue weighted by atomic mass is 35.5. The molecule has 0 radical (unpaired) electrons. The van der Waals surface area contributed by atoms with Gasteiger partial charge >= 0.3 is 0 Å². The van der Waals surface area contributed by atoms with Gasteiger partial charge in [-0.3, -0.25) is 4.79 Å². The molecule has 1 fully saturated rings. The summed E-state index contributed by atoms with van der Waals surface area (Å²) in [6, 6.07) is 5.96. The first-order chi connectivity index (χ1) is 8.56. The van der Waals surface area contributed by atoms with Gasteiger partial charge in [-0.25, -0.2) is 4.39 Å². The van der Waals surface area contributed by atoms with Crippen molar-refractivity contribution in [3.05, 3.63) is 34.6 Å². The Morgan fingerprint density at radius 1 is 1.61 bits per heavy atom. The number of nitriles is 1. The quantitative estimate of drug-likeness (QED) is 0.908. The normalized spacial score (nSPS) is 22.5. The van der Waals surface area contributed by atoms with Gasteiger partial charge in [-0.2, -0.15) is 17.0 Å². The maximum atomic E-state index is 13.6. The van der Waals surface area contributed by atoms with Crippen LogP contribution in [0.4, 0.5) is 4.39 Å². The molecule has 1 saturated heterocycles. The Morgan fingerprint density at radius 3 is 2.94 bits per heavy atom. The lowest BCUT2D eigenvalue weighted by Crippen LogP contribution is -2.47. The van der Waals surface area contributed by atoms with E-state index < -0.39 is 17.3 Å². The zero-order valence-corrected chi connectivity index (χ0v) is 10.9. The molecule has 1 heterocycles. The topological polar surface area (TPSA) is 52.9 Å². The minimum atomic E-state index is -0.881. The van der Waals surface area contributed by atoms with E-state index in [1.54, 1.807) is 11.8 Å². The van der Waals surface area contributed by atoms with E-state index in [1.165, 1.54) is 12.1 Å². The van der Waals surface area contributed by atoms with Crippen LogP contribution in [0, 0.1) is 17.1 Å². The molecule has 1 aliphatic heterocycles. The number of benzene rings is 1. The number of amides is 1. The van der Waals surface area contributed by atoms with Crippen LogP contribution in [-0.2, 0) is 0 Å². The van der Waals surface area contributed by atoms with Crippen LogP contribution in [0.25, 0.3) is 0 Å². The molecular weight excluding hydrogens is 275 g/mol. The van der Waals surface area contributed by atoms with Crippen molar-refractivity contribution in [1.29, 1.82) is 5.26 Å². The molecule has 1 atom stereocenters. The summed E-state index contributed by atoms with van der Waals surface area (Å²) in [6.07, 6.45) is 0.578. The fourth-order valence-electron chi connectivity index (χ4n) is 1.74. The average molecular weight is 285 g/mol. The molecule has 94 valence electrons. The van der Waals surface area contributed by atoms with Crippen molar-refractivity contribution >= 4 is 29.3 Å². The molecule has 1 aromatic carbocycles. The van der Waals surface area contributed by atoms with E-state index in [2.05, 4.69) is 11.4 Å². The SMILES string of the molecule is N#CC1(NC(=O)c2ccc(Cl)cc2F)CCSC1. The average Bonchev–Trinajstić information content (AvgIpc) is 2.78. The summed E-state index contributed by atoms with van der Waals surface area (Å²) in [7, 11) is 0. The van der Waals surface area contributed by atoms with Gasteiger partial charge in [0.1, 0.15) is 11.4 Å². The highest BCUT2D eigenvalue weighted by molar-refractivity contribution is 7.99. The summed E-state index contributed by atoms with van der Waals surface area (Å²) >= 11 is 7.22. The number of nitrogens with one attached hydrogen (secondary N) is 1. The van der Waals surface area contributed by atoms with E-state index >= 15 is 0 Å². The first-order valence-electron chi connectivity index (χ1n) is 5.33. The number of carbonyl (C=O) groups is 1. The zero-order valence-electron chi connectivity index (χ0n) is 9.37. The number of carbonyl (C=O) groups excluding carboxylic acids is 1. The third-order valence-electron chi connectivity index (χ3n) is 2.76. The van der Waals surface area contributed by atoms with Crippen molar-refractivity contribution in [3.8, 4) is 6.07 Å². The summed E-state index contributed by atoms with van der Waals surface area (Å²) in [5, 5.41) is 12.0. The Bertz CT molecular complexity index is 523. The van der Waals surface area contributed by atoms with Gasteiger partial charge in [-0.15, -0.1) is 0 Å². The van der Waals surface area contributed by atoms with E-state index in [4.69, 9.17) is 16.9 Å². The van der Waals surface area contributed by atoms with Crippen LogP contribution in [0.15, 0.2) is 18.2 Å². The minimum Gasteiger partial charge on any atom is -0.333 e. The second-order valence-corrected chi connectivity index (χ2v) is 5.62. The molecule has 6 heteroatoms. The van der Waals surface area contributed by atoms with E-state index in [9.17, 15) is 9.18 Å². The lowest BCUT2D eigenvalue weighted by molar-refractivity contribution is 0.0922. The second kappa shape index (κ2) is 5.17. The van der Waals surface area contributed by atoms with Crippen molar-refractivity contribution < 1.29 is 9.18 Å². The molecular formula is C12H10ClFN2OS. The lowest BCUT2D eigenvalue weighted by Gasteiger charge is -2.21. The predicted molar refractivity (Wildman–Crippen MR) is 69.2 cm³/mol. The van der Waals surface area contributed by atoms with Gasteiger partial charge in [0.2, 0.25) is 0 Å². The summed E-state index contributed by atoms with van der Waals surface area (Å²) in [4.78, 5) is 11.9. The standard InChI is InChI=1S/C12H10ClFN2OS/c13-8-1-2-9(10(14)5-8)11(17)16-12(6-15)3-4-18-7-12/h1-2,5H,3-4,7H2,(H,16,17). The Labute approximate surface area is 113 Å². The molecule has 18 heavy (non-hydrogen) atoms. The van der Waals surface area contributed by atoms with E-state index in [1.807, 2.05) is 0 Å². The third-order valence-corrected chi connectivity index (χ3v) is 4.19. The maximum Gasteiger partial charge on any atom is 0.255 e. The molecule has 1 aromatic rings. The molecule has 0 spiro atoms. The number of thioether (sulfide) groups is 1. The fourth-order valence-corrected chi connectivity index (χ4v) is 3.16. The molecule has 0 aliphatic carbocycles. The monoisotopic (exact) mass is 284 g/mol. The van der Waals surface area contributed by atoms with E-state index in [0.29, 0.717) is 12.2 Å². The van der Waals surface area contributed by atoms with Crippen molar-refractivity contribution in [2.45, 2.75) is 12.0 Å². The number of halogens is 2. The van der Waals surface area contributed by atoms with Crippen molar-refractivity contribution in [3.63, 3.8) is 0 Å². The summed E-state index contributed by atoms with van der Waals surface area (Å²) in [6.45, 7) is 0. The van der Waals surface area contributed by atoms with E-state index in [-0.39, 0.29) is 10.6 Å². The first-order valence-corrected chi connectivity index (χ1v) is 6.86. The molecule has 1 amide bonds. The molecule has 1 N–H and O–H groups in total. The van der Waals surface area contributed by atoms with Crippen LogP contribution >= 0.6 is 23.4 Å². The van der Waals surface area contributed by atoms with Gasteiger partial charge in [0.25, 0.3) is 5.91 Å². The van der Waals surface area contributed by atoms with Crippen molar-refractivity contribution in [2.24, 2.45) is 0 Å². The highest BCUT2D eigenvalue weighted by Gasteiger charge is 2.36. The molecule has 0 aromatic heterocycles. The van der Waals surface area contributed by atoms with Gasteiger partial charge in [0, 0.05) is 10.8 Å². The van der Waals surface area contributed by atoms with E-state index in [0.717, 1.165) is 11.8 Å². The molecule has 1 aliphatic rings. The number of hydrogen-bond acceptors (Lipinski definition) is 3. The highest BCUT2D eigenvalue weighted by Crippen LogP contribution is 2.28. The summed E-state index contributed by atoms with van der Waals surface area (Å²) in [5.41, 5.74) is -0.973. The van der Waals surface area contributed by atoms with Gasteiger partial charge in [0.05, 0.1) is 11.6 Å². The van der Waals surface area contributed by atoms with Crippen molar-refractivity contribution in [1.82, 2.24) is 5.32 Å². The first kappa shape index (κ1) is 13.2. The van der Waals surface area contributed by atoms with Crippen LogP contribution in [0.5, 0.6) is 0 Å².